The average Bonchev–Trinajstić information content (AvgIpc) is 3.05. The molecule has 0 spiro atoms. The predicted octanol–water partition coefficient (Wildman–Crippen LogP) is 2.85. The first-order chi connectivity index (χ1) is 13.8. The van der Waals surface area contributed by atoms with Gasteiger partial charge in [-0.25, -0.2) is 17.7 Å². The number of carbonyl (C=O) groups excluding carboxylic acids is 1. The number of sulfonamides is 1. The van der Waals surface area contributed by atoms with Gasteiger partial charge in [0.2, 0.25) is 15.9 Å². The van der Waals surface area contributed by atoms with Gasteiger partial charge in [0, 0.05) is 37.3 Å². The third-order valence-corrected chi connectivity index (χ3v) is 6.79. The summed E-state index contributed by atoms with van der Waals surface area (Å²) in [6.45, 7) is 0.783. The van der Waals surface area contributed by atoms with Crippen molar-refractivity contribution in [1.82, 2.24) is 13.9 Å². The Morgan fingerprint density at radius 1 is 1.07 bits per heavy atom. The minimum atomic E-state index is -3.18. The molecule has 1 aromatic heterocycles. The number of para-hydroxylation sites is 2. The fourth-order valence-electron chi connectivity index (χ4n) is 3.80. The van der Waals surface area contributed by atoms with Crippen molar-refractivity contribution in [1.29, 1.82) is 0 Å². The summed E-state index contributed by atoms with van der Waals surface area (Å²) in [6, 6.07) is 15.6. The van der Waals surface area contributed by atoms with Gasteiger partial charge in [-0.15, -0.1) is 0 Å². The highest BCUT2D eigenvalue weighted by molar-refractivity contribution is 7.88. The molecule has 3 aromatic rings. The first-order valence-corrected chi connectivity index (χ1v) is 11.5. The van der Waals surface area contributed by atoms with Crippen molar-refractivity contribution in [2.75, 3.05) is 24.7 Å². The Labute approximate surface area is 170 Å². The molecule has 2 heterocycles. The Morgan fingerprint density at radius 2 is 1.72 bits per heavy atom. The molecule has 1 saturated heterocycles. The molecule has 1 N–H and O–H groups in total. The predicted molar refractivity (Wildman–Crippen MR) is 114 cm³/mol. The third-order valence-electron chi connectivity index (χ3n) is 5.49. The number of nitrogens with one attached hydrogen (secondary N) is 1. The highest BCUT2D eigenvalue weighted by atomic mass is 32.2. The Morgan fingerprint density at radius 3 is 2.34 bits per heavy atom. The van der Waals surface area contributed by atoms with E-state index in [1.165, 1.54) is 10.6 Å². The van der Waals surface area contributed by atoms with Crippen molar-refractivity contribution in [3.63, 3.8) is 0 Å². The number of imidazole rings is 1. The molecule has 1 amide bonds. The number of piperidine rings is 1. The Kier molecular flexibility index (Phi) is 5.14. The number of aromatic nitrogens is 2. The van der Waals surface area contributed by atoms with Crippen LogP contribution in [0, 0.1) is 5.92 Å². The first kappa shape index (κ1) is 19.6. The van der Waals surface area contributed by atoms with Crippen LogP contribution < -0.4 is 5.32 Å². The van der Waals surface area contributed by atoms with E-state index in [9.17, 15) is 13.2 Å². The number of amides is 1. The molecule has 4 rings (SSSR count). The van der Waals surface area contributed by atoms with E-state index < -0.39 is 10.0 Å². The van der Waals surface area contributed by atoms with E-state index in [1.807, 2.05) is 55.6 Å². The standard InChI is InChI=1S/C21H24N4O3S/c1-24-19-6-4-3-5-18(19)23-20(24)15-7-9-17(10-8-15)22-21(26)16-11-13-25(14-12-16)29(2,27)28/h3-10,16H,11-14H2,1-2H3,(H,22,26). The molecule has 0 bridgehead atoms. The maximum atomic E-state index is 12.6. The molecule has 1 aliphatic heterocycles. The van der Waals surface area contributed by atoms with Crippen LogP contribution in [0.3, 0.4) is 0 Å². The molecule has 0 radical (unpaired) electrons. The molecule has 1 fully saturated rings. The molecular weight excluding hydrogens is 388 g/mol. The second kappa shape index (κ2) is 7.61. The van der Waals surface area contributed by atoms with Crippen molar-refractivity contribution in [3.05, 3.63) is 48.5 Å². The van der Waals surface area contributed by atoms with Crippen molar-refractivity contribution in [2.45, 2.75) is 12.8 Å². The zero-order valence-electron chi connectivity index (χ0n) is 16.5. The highest BCUT2D eigenvalue weighted by Crippen LogP contribution is 2.26. The van der Waals surface area contributed by atoms with Crippen molar-refractivity contribution in [3.8, 4) is 11.4 Å². The second-order valence-electron chi connectivity index (χ2n) is 7.49. The van der Waals surface area contributed by atoms with Gasteiger partial charge >= 0.3 is 0 Å². The molecule has 2 aromatic carbocycles. The van der Waals surface area contributed by atoms with Crippen molar-refractivity contribution in [2.24, 2.45) is 13.0 Å². The zero-order valence-corrected chi connectivity index (χ0v) is 17.3. The number of hydrogen-bond acceptors (Lipinski definition) is 4. The number of rotatable bonds is 4. The summed E-state index contributed by atoms with van der Waals surface area (Å²) < 4.78 is 26.7. The fraction of sp³-hybridized carbons (Fsp3) is 0.333. The summed E-state index contributed by atoms with van der Waals surface area (Å²) in [6.07, 6.45) is 2.28. The molecule has 7 nitrogen and oxygen atoms in total. The third kappa shape index (κ3) is 4.04. The van der Waals surface area contributed by atoms with Gasteiger partial charge in [0.15, 0.2) is 0 Å². The minimum absolute atomic E-state index is 0.0615. The summed E-state index contributed by atoms with van der Waals surface area (Å²) >= 11 is 0. The molecular formula is C21H24N4O3S. The van der Waals surface area contributed by atoms with Gasteiger partial charge in [-0.3, -0.25) is 4.79 Å². The number of anilines is 1. The van der Waals surface area contributed by atoms with Crippen LogP contribution in [0.15, 0.2) is 48.5 Å². The maximum Gasteiger partial charge on any atom is 0.227 e. The van der Waals surface area contributed by atoms with Crippen LogP contribution in [0.1, 0.15) is 12.8 Å². The van der Waals surface area contributed by atoms with Gasteiger partial charge < -0.3 is 9.88 Å². The highest BCUT2D eigenvalue weighted by Gasteiger charge is 2.28. The van der Waals surface area contributed by atoms with E-state index in [4.69, 9.17) is 4.98 Å². The van der Waals surface area contributed by atoms with Gasteiger partial charge in [0.25, 0.3) is 0 Å². The van der Waals surface area contributed by atoms with E-state index in [0.29, 0.717) is 25.9 Å². The van der Waals surface area contributed by atoms with Crippen LogP contribution in [-0.4, -0.2) is 47.5 Å². The topological polar surface area (TPSA) is 84.3 Å². The molecule has 0 atom stereocenters. The fourth-order valence-corrected chi connectivity index (χ4v) is 4.67. The molecule has 1 aliphatic rings. The Bertz CT molecular complexity index is 1140. The Balaban J connectivity index is 1.43. The largest absolute Gasteiger partial charge is 0.327 e. The van der Waals surface area contributed by atoms with Crippen molar-refractivity contribution >= 4 is 32.7 Å². The van der Waals surface area contributed by atoms with Crippen LogP contribution in [0.5, 0.6) is 0 Å². The van der Waals surface area contributed by atoms with Crippen LogP contribution in [0.2, 0.25) is 0 Å². The maximum absolute atomic E-state index is 12.6. The van der Waals surface area contributed by atoms with Gasteiger partial charge in [-0.2, -0.15) is 0 Å². The SMILES string of the molecule is Cn1c(-c2ccc(NC(=O)C3CCN(S(C)(=O)=O)CC3)cc2)nc2ccccc21. The minimum Gasteiger partial charge on any atom is -0.327 e. The van der Waals surface area contributed by atoms with E-state index in [0.717, 1.165) is 28.1 Å². The van der Waals surface area contributed by atoms with E-state index in [1.54, 1.807) is 0 Å². The molecule has 0 unspecified atom stereocenters. The van der Waals surface area contributed by atoms with E-state index in [-0.39, 0.29) is 11.8 Å². The molecule has 0 saturated carbocycles. The van der Waals surface area contributed by atoms with Crippen LogP contribution in [-0.2, 0) is 21.9 Å². The molecule has 29 heavy (non-hydrogen) atoms. The van der Waals surface area contributed by atoms with Gasteiger partial charge in [0.1, 0.15) is 5.82 Å². The number of benzene rings is 2. The van der Waals surface area contributed by atoms with Crippen LogP contribution in [0.25, 0.3) is 22.4 Å². The average molecular weight is 413 g/mol. The summed E-state index contributed by atoms with van der Waals surface area (Å²) in [5, 5.41) is 2.95. The smallest absolute Gasteiger partial charge is 0.227 e. The number of nitrogens with zero attached hydrogens (tertiary/aromatic N) is 3. The summed E-state index contributed by atoms with van der Waals surface area (Å²) in [5.41, 5.74) is 3.72. The molecule has 8 heteroatoms. The quantitative estimate of drug-likeness (QED) is 0.714. The van der Waals surface area contributed by atoms with Crippen LogP contribution >= 0.6 is 0 Å². The Hall–Kier alpha value is -2.71. The van der Waals surface area contributed by atoms with Gasteiger partial charge in [-0.05, 0) is 49.2 Å². The number of aryl methyl sites for hydroxylation is 1. The number of fused-ring (bicyclic) bond motifs is 1. The van der Waals surface area contributed by atoms with Crippen LogP contribution in [0.4, 0.5) is 5.69 Å². The lowest BCUT2D eigenvalue weighted by atomic mass is 9.97. The normalized spacial score (nSPS) is 16.2. The van der Waals surface area contributed by atoms with Crippen molar-refractivity contribution < 1.29 is 13.2 Å². The number of hydrogen-bond donors (Lipinski definition) is 1. The summed E-state index contributed by atoms with van der Waals surface area (Å²) in [5.74, 6) is 0.637. The van der Waals surface area contributed by atoms with Gasteiger partial charge in [0.05, 0.1) is 17.3 Å². The molecule has 152 valence electrons. The lowest BCUT2D eigenvalue weighted by Crippen LogP contribution is -2.40. The lowest BCUT2D eigenvalue weighted by molar-refractivity contribution is -0.120. The monoisotopic (exact) mass is 412 g/mol. The van der Waals surface area contributed by atoms with E-state index in [2.05, 4.69) is 9.88 Å². The second-order valence-corrected chi connectivity index (χ2v) is 9.47. The zero-order chi connectivity index (χ0) is 20.6. The molecule has 0 aliphatic carbocycles. The summed E-state index contributed by atoms with van der Waals surface area (Å²) in [7, 11) is -1.20. The van der Waals surface area contributed by atoms with Gasteiger partial charge in [-0.1, -0.05) is 12.1 Å². The number of carbonyl (C=O) groups is 1. The first-order valence-electron chi connectivity index (χ1n) is 9.61. The van der Waals surface area contributed by atoms with E-state index >= 15 is 0 Å². The lowest BCUT2D eigenvalue weighted by Gasteiger charge is -2.29. The summed E-state index contributed by atoms with van der Waals surface area (Å²) in [4.78, 5) is 17.3.